The highest BCUT2D eigenvalue weighted by Crippen LogP contribution is 2.42. The topological polar surface area (TPSA) is 123 Å². The van der Waals surface area contributed by atoms with Crippen molar-refractivity contribution >= 4 is 34.4 Å². The van der Waals surface area contributed by atoms with E-state index in [9.17, 15) is 4.79 Å². The van der Waals surface area contributed by atoms with Gasteiger partial charge in [-0.25, -0.2) is 0 Å². The minimum Gasteiger partial charge on any atom is -0.485 e. The fraction of sp³-hybridized carbons (Fsp3) is 0.409. The summed E-state index contributed by atoms with van der Waals surface area (Å²) >= 11 is 0. The van der Waals surface area contributed by atoms with Gasteiger partial charge in [0.2, 0.25) is 5.95 Å². The van der Waals surface area contributed by atoms with Gasteiger partial charge in [0, 0.05) is 32.9 Å². The molecule has 0 bridgehead atoms. The fourth-order valence-electron chi connectivity index (χ4n) is 3.86. The molecule has 0 spiro atoms. The van der Waals surface area contributed by atoms with Crippen molar-refractivity contribution in [2.24, 2.45) is 0 Å². The average Bonchev–Trinajstić information content (AvgIpc) is 3.33. The number of benzene rings is 1. The van der Waals surface area contributed by atoms with Gasteiger partial charge in [-0.1, -0.05) is 0 Å². The van der Waals surface area contributed by atoms with Gasteiger partial charge in [0.1, 0.15) is 24.7 Å². The van der Waals surface area contributed by atoms with Crippen molar-refractivity contribution in [1.29, 1.82) is 0 Å². The van der Waals surface area contributed by atoms with E-state index in [-0.39, 0.29) is 5.91 Å². The lowest BCUT2D eigenvalue weighted by Crippen LogP contribution is -2.41. The Morgan fingerprint density at radius 2 is 1.94 bits per heavy atom. The third-order valence-corrected chi connectivity index (χ3v) is 5.48. The monoisotopic (exact) mass is 454 g/mol. The smallest absolute Gasteiger partial charge is 0.257 e. The van der Waals surface area contributed by atoms with Crippen LogP contribution in [-0.4, -0.2) is 85.5 Å². The summed E-state index contributed by atoms with van der Waals surface area (Å²) in [6, 6.07) is 5.46. The molecule has 3 aromatic rings. The Bertz CT molecular complexity index is 1140. The number of carbonyl (C=O) groups excluding carboxylic acids is 1. The molecule has 3 N–H and O–H groups in total. The molecule has 1 amide bonds. The summed E-state index contributed by atoms with van der Waals surface area (Å²) in [7, 11) is 1.65. The van der Waals surface area contributed by atoms with E-state index in [1.165, 1.54) is 0 Å². The summed E-state index contributed by atoms with van der Waals surface area (Å²) in [6.07, 6.45) is 1.81. The summed E-state index contributed by atoms with van der Waals surface area (Å²) in [5.41, 5.74) is 1.79. The molecule has 4 heterocycles. The Balaban J connectivity index is 1.45. The van der Waals surface area contributed by atoms with Gasteiger partial charge in [0.15, 0.2) is 11.5 Å². The Morgan fingerprint density at radius 3 is 2.76 bits per heavy atom. The second-order valence-electron chi connectivity index (χ2n) is 7.60. The summed E-state index contributed by atoms with van der Waals surface area (Å²) in [5.74, 6) is 1.88. The Labute approximate surface area is 190 Å². The van der Waals surface area contributed by atoms with Crippen molar-refractivity contribution < 1.29 is 23.7 Å². The number of methoxy groups -OCH3 is 1. The lowest BCUT2D eigenvalue weighted by atomic mass is 10.1. The quantitative estimate of drug-likeness (QED) is 0.460. The average molecular weight is 454 g/mol. The molecule has 2 aliphatic heterocycles. The number of carbonyl (C=O) groups is 1. The predicted molar refractivity (Wildman–Crippen MR) is 122 cm³/mol. The van der Waals surface area contributed by atoms with Gasteiger partial charge in [-0.15, -0.1) is 0 Å². The lowest BCUT2D eigenvalue weighted by molar-refractivity contribution is 0.0298. The van der Waals surface area contributed by atoms with Crippen LogP contribution in [0.5, 0.6) is 11.5 Å². The Kier molecular flexibility index (Phi) is 6.13. The highest BCUT2D eigenvalue weighted by molar-refractivity contribution is 5.99. The summed E-state index contributed by atoms with van der Waals surface area (Å²) in [5, 5.41) is 7.38. The number of fused-ring (bicyclic) bond motifs is 2. The van der Waals surface area contributed by atoms with E-state index in [4.69, 9.17) is 18.9 Å². The van der Waals surface area contributed by atoms with Crippen LogP contribution < -0.4 is 20.1 Å². The number of amides is 1. The molecule has 33 heavy (non-hydrogen) atoms. The molecule has 2 aromatic heterocycles. The van der Waals surface area contributed by atoms with Crippen molar-refractivity contribution in [2.75, 3.05) is 70.4 Å². The Hall–Kier alpha value is -3.57. The molecule has 5 rings (SSSR count). The maximum atomic E-state index is 13.1. The number of H-pyrrole nitrogens is 1. The zero-order valence-electron chi connectivity index (χ0n) is 18.3. The highest BCUT2D eigenvalue weighted by atomic mass is 16.6. The van der Waals surface area contributed by atoms with E-state index in [2.05, 4.69) is 25.6 Å². The molecule has 0 radical (unpaired) electrons. The van der Waals surface area contributed by atoms with Crippen molar-refractivity contribution in [3.8, 4) is 11.5 Å². The number of aromatic nitrogens is 3. The summed E-state index contributed by atoms with van der Waals surface area (Å²) < 4.78 is 22.3. The molecule has 1 saturated heterocycles. The van der Waals surface area contributed by atoms with Crippen LogP contribution in [0.15, 0.2) is 24.4 Å². The number of anilines is 3. The first kappa shape index (κ1) is 21.3. The largest absolute Gasteiger partial charge is 0.485 e. The third-order valence-electron chi connectivity index (χ3n) is 5.48. The van der Waals surface area contributed by atoms with Crippen LogP contribution in [0, 0.1) is 0 Å². The SMILES string of the molecule is COCCNc1nc(Nc2ccc(C(=O)N3CCOCC3)c3c2OCCO3)nc2[nH]ccc12. The molecule has 174 valence electrons. The second kappa shape index (κ2) is 9.51. The number of ether oxygens (including phenoxy) is 4. The van der Waals surface area contributed by atoms with Crippen molar-refractivity contribution in [2.45, 2.75) is 0 Å². The molecule has 1 aromatic carbocycles. The standard InChI is InChI=1S/C22H26N6O5/c1-30-9-6-24-20-15-4-5-23-19(15)26-22(27-20)25-16-3-2-14(17-18(16)33-13-12-32-17)21(29)28-7-10-31-11-8-28/h2-5H,6-13H2,1H3,(H3,23,24,25,26,27). The number of hydrogen-bond acceptors (Lipinski definition) is 9. The van der Waals surface area contributed by atoms with Crippen LogP contribution in [0.2, 0.25) is 0 Å². The van der Waals surface area contributed by atoms with Crippen LogP contribution in [-0.2, 0) is 9.47 Å². The van der Waals surface area contributed by atoms with Crippen LogP contribution in [0.4, 0.5) is 17.5 Å². The molecule has 11 nitrogen and oxygen atoms in total. The van der Waals surface area contributed by atoms with E-state index in [0.29, 0.717) is 92.8 Å². The van der Waals surface area contributed by atoms with Crippen molar-refractivity contribution in [3.63, 3.8) is 0 Å². The molecular formula is C22H26N6O5. The van der Waals surface area contributed by atoms with E-state index in [1.54, 1.807) is 24.1 Å². The first-order chi connectivity index (χ1) is 16.2. The molecule has 2 aliphatic rings. The van der Waals surface area contributed by atoms with Crippen LogP contribution in [0.25, 0.3) is 11.0 Å². The molecule has 0 atom stereocenters. The van der Waals surface area contributed by atoms with E-state index < -0.39 is 0 Å². The van der Waals surface area contributed by atoms with Crippen LogP contribution in [0.1, 0.15) is 10.4 Å². The molecule has 0 unspecified atom stereocenters. The summed E-state index contributed by atoms with van der Waals surface area (Å²) in [6.45, 7) is 4.09. The van der Waals surface area contributed by atoms with E-state index in [1.807, 2.05) is 12.3 Å². The van der Waals surface area contributed by atoms with E-state index in [0.717, 1.165) is 5.39 Å². The first-order valence-corrected chi connectivity index (χ1v) is 10.9. The fourth-order valence-corrected chi connectivity index (χ4v) is 3.86. The molecule has 1 fully saturated rings. The Morgan fingerprint density at radius 1 is 1.12 bits per heavy atom. The van der Waals surface area contributed by atoms with Gasteiger partial charge in [-0.05, 0) is 18.2 Å². The zero-order valence-corrected chi connectivity index (χ0v) is 18.3. The molecular weight excluding hydrogens is 428 g/mol. The number of morpholine rings is 1. The molecule has 0 saturated carbocycles. The minimum atomic E-state index is -0.0970. The second-order valence-corrected chi connectivity index (χ2v) is 7.60. The summed E-state index contributed by atoms with van der Waals surface area (Å²) in [4.78, 5) is 27.2. The van der Waals surface area contributed by atoms with Crippen LogP contribution in [0.3, 0.4) is 0 Å². The van der Waals surface area contributed by atoms with E-state index >= 15 is 0 Å². The highest BCUT2D eigenvalue weighted by Gasteiger charge is 2.28. The van der Waals surface area contributed by atoms with Gasteiger partial charge in [-0.3, -0.25) is 4.79 Å². The predicted octanol–water partition coefficient (Wildman–Crippen LogP) is 2.00. The van der Waals surface area contributed by atoms with Gasteiger partial charge < -0.3 is 39.5 Å². The number of nitrogens with one attached hydrogen (secondary N) is 3. The van der Waals surface area contributed by atoms with Gasteiger partial charge >= 0.3 is 0 Å². The zero-order chi connectivity index (χ0) is 22.6. The lowest BCUT2D eigenvalue weighted by Gasteiger charge is -2.29. The maximum Gasteiger partial charge on any atom is 0.257 e. The minimum absolute atomic E-state index is 0.0970. The maximum absolute atomic E-state index is 13.1. The first-order valence-electron chi connectivity index (χ1n) is 10.9. The number of hydrogen-bond donors (Lipinski definition) is 3. The number of rotatable bonds is 7. The van der Waals surface area contributed by atoms with Gasteiger partial charge in [0.05, 0.1) is 36.5 Å². The third kappa shape index (κ3) is 4.37. The number of nitrogens with zero attached hydrogens (tertiary/aromatic N) is 3. The van der Waals surface area contributed by atoms with Gasteiger partial charge in [-0.2, -0.15) is 9.97 Å². The molecule has 0 aliphatic carbocycles. The van der Waals surface area contributed by atoms with Crippen molar-refractivity contribution in [1.82, 2.24) is 19.9 Å². The van der Waals surface area contributed by atoms with Crippen LogP contribution >= 0.6 is 0 Å². The van der Waals surface area contributed by atoms with Crippen molar-refractivity contribution in [3.05, 3.63) is 30.0 Å². The van der Waals surface area contributed by atoms with Gasteiger partial charge in [0.25, 0.3) is 5.91 Å². The molecule has 11 heteroatoms. The normalized spacial score (nSPS) is 15.5. The number of aromatic amines is 1.